The van der Waals surface area contributed by atoms with Crippen LogP contribution in [0.15, 0.2) is 4.90 Å². The highest BCUT2D eigenvalue weighted by Crippen LogP contribution is 2.16. The summed E-state index contributed by atoms with van der Waals surface area (Å²) in [5, 5.41) is 6.49. The van der Waals surface area contributed by atoms with Gasteiger partial charge in [0.2, 0.25) is 10.0 Å². The van der Waals surface area contributed by atoms with Gasteiger partial charge in [-0.15, -0.1) is 12.4 Å². The highest BCUT2D eigenvalue weighted by Gasteiger charge is 2.24. The molecule has 1 aromatic heterocycles. The Balaban J connectivity index is 0.00000256. The molecule has 0 bridgehead atoms. The lowest BCUT2D eigenvalue weighted by Gasteiger charge is -2.18. The first-order valence-corrected chi connectivity index (χ1v) is 6.42. The van der Waals surface area contributed by atoms with Crippen molar-refractivity contribution in [2.75, 3.05) is 6.54 Å². The molecule has 0 unspecified atom stereocenters. The van der Waals surface area contributed by atoms with Crippen LogP contribution in [0.25, 0.3) is 0 Å². The predicted octanol–water partition coefficient (Wildman–Crippen LogP) is 0.464. The summed E-state index contributed by atoms with van der Waals surface area (Å²) in [4.78, 5) is 0.205. The maximum absolute atomic E-state index is 12.0. The number of aromatic nitrogens is 2. The first-order chi connectivity index (χ1) is 7.13. The van der Waals surface area contributed by atoms with Crippen LogP contribution in [0.1, 0.15) is 25.2 Å². The van der Waals surface area contributed by atoms with Gasteiger partial charge >= 0.3 is 0 Å². The van der Waals surface area contributed by atoms with Crippen molar-refractivity contribution in [3.05, 3.63) is 11.4 Å². The number of hydrogen-bond donors (Lipinski definition) is 3. The molecule has 0 saturated carbocycles. The van der Waals surface area contributed by atoms with Crippen molar-refractivity contribution in [3.63, 3.8) is 0 Å². The maximum Gasteiger partial charge on any atom is 0.244 e. The number of hydrogen-bond acceptors (Lipinski definition) is 4. The minimum absolute atomic E-state index is 0. The third-order valence-electron chi connectivity index (χ3n) is 2.05. The van der Waals surface area contributed by atoms with E-state index >= 15 is 0 Å². The average molecular weight is 283 g/mol. The summed E-state index contributed by atoms with van der Waals surface area (Å²) in [6.45, 7) is 7.00. The zero-order valence-corrected chi connectivity index (χ0v) is 12.0. The molecule has 0 aliphatic heterocycles. The molecule has 0 fully saturated rings. The molecule has 100 valence electrons. The van der Waals surface area contributed by atoms with Gasteiger partial charge in [0.1, 0.15) is 4.90 Å². The molecule has 17 heavy (non-hydrogen) atoms. The minimum Gasteiger partial charge on any atom is -0.324 e. The number of rotatable bonds is 4. The Labute approximate surface area is 108 Å². The molecular formula is C9H19ClN4O2S. The Kier molecular flexibility index (Phi) is 5.15. The van der Waals surface area contributed by atoms with E-state index in [1.165, 1.54) is 0 Å². The molecule has 0 spiro atoms. The normalized spacial score (nSPS) is 12.3. The molecule has 0 amide bonds. The van der Waals surface area contributed by atoms with Crippen LogP contribution in [0.4, 0.5) is 0 Å². The molecular weight excluding hydrogens is 264 g/mol. The fourth-order valence-electron chi connectivity index (χ4n) is 1.29. The van der Waals surface area contributed by atoms with Crippen LogP contribution in [-0.2, 0) is 10.0 Å². The van der Waals surface area contributed by atoms with Gasteiger partial charge in [-0.25, -0.2) is 13.1 Å². The Morgan fingerprint density at radius 2 is 1.94 bits per heavy atom. The highest BCUT2D eigenvalue weighted by molar-refractivity contribution is 7.89. The van der Waals surface area contributed by atoms with E-state index in [9.17, 15) is 8.42 Å². The lowest BCUT2D eigenvalue weighted by Crippen LogP contribution is -2.45. The Hall–Kier alpha value is -0.630. The van der Waals surface area contributed by atoms with E-state index in [2.05, 4.69) is 14.9 Å². The van der Waals surface area contributed by atoms with Gasteiger partial charge in [-0.3, -0.25) is 5.10 Å². The van der Waals surface area contributed by atoms with E-state index in [-0.39, 0.29) is 23.8 Å². The number of nitrogens with one attached hydrogen (secondary N) is 2. The van der Waals surface area contributed by atoms with Gasteiger partial charge < -0.3 is 5.73 Å². The summed E-state index contributed by atoms with van der Waals surface area (Å²) in [7, 11) is -3.54. The van der Waals surface area contributed by atoms with Gasteiger partial charge in [0, 0.05) is 12.1 Å². The van der Waals surface area contributed by atoms with Crippen LogP contribution in [-0.4, -0.2) is 30.7 Å². The summed E-state index contributed by atoms with van der Waals surface area (Å²) in [6, 6.07) is 0. The van der Waals surface area contributed by atoms with E-state index < -0.39 is 15.6 Å². The van der Waals surface area contributed by atoms with Gasteiger partial charge in [-0.1, -0.05) is 0 Å². The van der Waals surface area contributed by atoms with Gasteiger partial charge in [0.15, 0.2) is 0 Å². The second kappa shape index (κ2) is 5.34. The zero-order chi connectivity index (χ0) is 12.6. The largest absolute Gasteiger partial charge is 0.324 e. The van der Waals surface area contributed by atoms with Crippen molar-refractivity contribution in [2.45, 2.75) is 38.1 Å². The van der Waals surface area contributed by atoms with Crippen LogP contribution in [0, 0.1) is 13.8 Å². The topological polar surface area (TPSA) is 101 Å². The molecule has 0 radical (unpaired) electrons. The summed E-state index contributed by atoms with van der Waals surface area (Å²) >= 11 is 0. The molecule has 0 atom stereocenters. The quantitative estimate of drug-likeness (QED) is 0.747. The SMILES string of the molecule is Cc1n[nH]c(C)c1S(=O)(=O)NCC(C)(C)N.Cl. The fourth-order valence-corrected chi connectivity index (χ4v) is 2.88. The third kappa shape index (κ3) is 4.27. The van der Waals surface area contributed by atoms with Crippen molar-refractivity contribution in [1.29, 1.82) is 0 Å². The standard InChI is InChI=1S/C9H18N4O2S.ClH/c1-6-8(7(2)13-12-6)16(14,15)11-5-9(3,4)10;/h11H,5,10H2,1-4H3,(H,12,13);1H. The van der Waals surface area contributed by atoms with Gasteiger partial charge in [-0.2, -0.15) is 5.10 Å². The molecule has 1 aromatic rings. The van der Waals surface area contributed by atoms with Gasteiger partial charge in [-0.05, 0) is 27.7 Å². The Bertz CT molecular complexity index is 456. The number of aromatic amines is 1. The van der Waals surface area contributed by atoms with Crippen molar-refractivity contribution < 1.29 is 8.42 Å². The number of nitrogens with zero attached hydrogens (tertiary/aromatic N) is 1. The Morgan fingerprint density at radius 3 is 2.29 bits per heavy atom. The second-order valence-corrected chi connectivity index (χ2v) is 6.28. The molecule has 0 aliphatic carbocycles. The molecule has 0 saturated heterocycles. The number of nitrogens with two attached hydrogens (primary N) is 1. The average Bonchev–Trinajstić information content (AvgIpc) is 2.42. The van der Waals surface area contributed by atoms with Crippen LogP contribution in [0.3, 0.4) is 0 Å². The van der Waals surface area contributed by atoms with Crippen molar-refractivity contribution in [2.24, 2.45) is 5.73 Å². The first-order valence-electron chi connectivity index (χ1n) is 4.93. The van der Waals surface area contributed by atoms with Gasteiger partial charge in [0.05, 0.1) is 11.4 Å². The lowest BCUT2D eigenvalue weighted by molar-refractivity contribution is 0.497. The smallest absolute Gasteiger partial charge is 0.244 e. The number of sulfonamides is 1. The summed E-state index contributed by atoms with van der Waals surface area (Å²) < 4.78 is 26.4. The molecule has 1 heterocycles. The molecule has 0 aromatic carbocycles. The van der Waals surface area contributed by atoms with Crippen molar-refractivity contribution in [1.82, 2.24) is 14.9 Å². The van der Waals surface area contributed by atoms with E-state index in [4.69, 9.17) is 5.73 Å². The lowest BCUT2D eigenvalue weighted by atomic mass is 10.1. The zero-order valence-electron chi connectivity index (χ0n) is 10.4. The minimum atomic E-state index is -3.54. The summed E-state index contributed by atoms with van der Waals surface area (Å²) in [5.41, 5.74) is 6.12. The molecule has 0 aliphatic rings. The van der Waals surface area contributed by atoms with E-state index in [0.29, 0.717) is 11.4 Å². The van der Waals surface area contributed by atoms with E-state index in [1.54, 1.807) is 27.7 Å². The summed E-state index contributed by atoms with van der Waals surface area (Å²) in [5.74, 6) is 0. The summed E-state index contributed by atoms with van der Waals surface area (Å²) in [6.07, 6.45) is 0. The van der Waals surface area contributed by atoms with Crippen molar-refractivity contribution in [3.8, 4) is 0 Å². The third-order valence-corrected chi connectivity index (χ3v) is 3.71. The van der Waals surface area contributed by atoms with Crippen LogP contribution >= 0.6 is 12.4 Å². The van der Waals surface area contributed by atoms with Crippen LogP contribution in [0.2, 0.25) is 0 Å². The monoisotopic (exact) mass is 282 g/mol. The first kappa shape index (κ1) is 16.4. The maximum atomic E-state index is 12.0. The number of H-pyrrole nitrogens is 1. The van der Waals surface area contributed by atoms with Crippen molar-refractivity contribution >= 4 is 22.4 Å². The molecule has 4 N–H and O–H groups in total. The Morgan fingerprint density at radius 1 is 1.41 bits per heavy atom. The van der Waals surface area contributed by atoms with Crippen LogP contribution < -0.4 is 10.5 Å². The number of halogens is 1. The predicted molar refractivity (Wildman–Crippen MR) is 68.8 cm³/mol. The second-order valence-electron chi connectivity index (χ2n) is 4.58. The van der Waals surface area contributed by atoms with Gasteiger partial charge in [0.25, 0.3) is 0 Å². The molecule has 1 rings (SSSR count). The fraction of sp³-hybridized carbons (Fsp3) is 0.667. The van der Waals surface area contributed by atoms with E-state index in [0.717, 1.165) is 0 Å². The molecule has 6 nitrogen and oxygen atoms in total. The number of aryl methyl sites for hydroxylation is 2. The van der Waals surface area contributed by atoms with E-state index in [1.807, 2.05) is 0 Å². The highest BCUT2D eigenvalue weighted by atomic mass is 35.5. The van der Waals surface area contributed by atoms with Crippen LogP contribution in [0.5, 0.6) is 0 Å². The molecule has 8 heteroatoms.